The average Bonchev–Trinajstić information content (AvgIpc) is 2.82. The fraction of sp³-hybridized carbons (Fsp3) is 0.562. The Morgan fingerprint density at radius 2 is 2.00 bits per heavy atom. The second-order valence-electron chi connectivity index (χ2n) is 5.75. The van der Waals surface area contributed by atoms with Gasteiger partial charge in [0.2, 0.25) is 5.91 Å². The predicted octanol–water partition coefficient (Wildman–Crippen LogP) is 2.55. The minimum Gasteiger partial charge on any atom is -0.336 e. The molecule has 0 spiro atoms. The van der Waals surface area contributed by atoms with Gasteiger partial charge in [-0.2, -0.15) is 0 Å². The third-order valence-corrected chi connectivity index (χ3v) is 3.99. The largest absolute Gasteiger partial charge is 0.336 e. The van der Waals surface area contributed by atoms with Gasteiger partial charge in [0, 0.05) is 18.6 Å². The Kier molecular flexibility index (Phi) is 4.59. The monoisotopic (exact) mass is 260 g/mol. The zero-order valence-electron chi connectivity index (χ0n) is 11.9. The topological polar surface area (TPSA) is 46.3 Å². The molecule has 2 atom stereocenters. The molecule has 1 aliphatic carbocycles. The van der Waals surface area contributed by atoms with E-state index in [0.29, 0.717) is 6.54 Å². The number of hydrogen-bond donors (Lipinski definition) is 1. The van der Waals surface area contributed by atoms with E-state index in [1.54, 1.807) is 0 Å². The van der Waals surface area contributed by atoms with Crippen molar-refractivity contribution in [2.45, 2.75) is 51.7 Å². The van der Waals surface area contributed by atoms with Crippen LogP contribution in [0.1, 0.15) is 38.7 Å². The second kappa shape index (κ2) is 6.20. The lowest BCUT2D eigenvalue weighted by Gasteiger charge is -2.30. The summed E-state index contributed by atoms with van der Waals surface area (Å²) in [6, 6.07) is 10.4. The van der Waals surface area contributed by atoms with Crippen LogP contribution in [0.3, 0.4) is 0 Å². The second-order valence-corrected chi connectivity index (χ2v) is 5.75. The van der Waals surface area contributed by atoms with Crippen molar-refractivity contribution in [2.75, 3.05) is 0 Å². The lowest BCUT2D eigenvalue weighted by atomic mass is 10.0. The molecule has 104 valence electrons. The number of rotatable bonds is 4. The van der Waals surface area contributed by atoms with E-state index in [0.717, 1.165) is 19.3 Å². The van der Waals surface area contributed by atoms with Gasteiger partial charge in [0.1, 0.15) is 0 Å². The highest BCUT2D eigenvalue weighted by Crippen LogP contribution is 2.27. The summed E-state index contributed by atoms with van der Waals surface area (Å²) in [5.74, 6) is 0.245. The maximum Gasteiger partial charge on any atom is 0.227 e. The van der Waals surface area contributed by atoms with Gasteiger partial charge in [0.15, 0.2) is 0 Å². The highest BCUT2D eigenvalue weighted by molar-refractivity contribution is 5.80. The lowest BCUT2D eigenvalue weighted by molar-refractivity contribution is -0.138. The molecule has 2 unspecified atom stereocenters. The van der Waals surface area contributed by atoms with E-state index >= 15 is 0 Å². The minimum absolute atomic E-state index is 0.0195. The summed E-state index contributed by atoms with van der Waals surface area (Å²) in [6.45, 7) is 4.82. The quantitative estimate of drug-likeness (QED) is 0.904. The first kappa shape index (κ1) is 14.1. The fourth-order valence-electron chi connectivity index (χ4n) is 2.80. The normalized spacial score (nSPS) is 22.7. The van der Waals surface area contributed by atoms with Crippen molar-refractivity contribution in [3.05, 3.63) is 35.9 Å². The van der Waals surface area contributed by atoms with Crippen LogP contribution in [0.4, 0.5) is 0 Å². The van der Waals surface area contributed by atoms with Crippen LogP contribution in [0.5, 0.6) is 0 Å². The highest BCUT2D eigenvalue weighted by Gasteiger charge is 2.34. The number of nitrogens with two attached hydrogens (primary N) is 1. The Labute approximate surface area is 115 Å². The Morgan fingerprint density at radius 3 is 2.53 bits per heavy atom. The van der Waals surface area contributed by atoms with Crippen LogP contribution in [0.15, 0.2) is 30.3 Å². The number of amides is 1. The summed E-state index contributed by atoms with van der Waals surface area (Å²) in [7, 11) is 0. The molecule has 1 fully saturated rings. The maximum atomic E-state index is 12.6. The Bertz CT molecular complexity index is 416. The molecule has 1 aliphatic rings. The van der Waals surface area contributed by atoms with E-state index in [4.69, 9.17) is 5.73 Å². The molecule has 2 N–H and O–H groups in total. The minimum atomic E-state index is 0.0195. The van der Waals surface area contributed by atoms with E-state index in [1.807, 2.05) is 23.1 Å². The molecule has 19 heavy (non-hydrogen) atoms. The smallest absolute Gasteiger partial charge is 0.227 e. The molecular formula is C16H24N2O. The van der Waals surface area contributed by atoms with Crippen LogP contribution in [0.25, 0.3) is 0 Å². The first-order valence-electron chi connectivity index (χ1n) is 7.19. The molecule has 0 aliphatic heterocycles. The molecule has 0 aromatic heterocycles. The van der Waals surface area contributed by atoms with Gasteiger partial charge in [-0.3, -0.25) is 4.79 Å². The van der Waals surface area contributed by atoms with E-state index in [1.165, 1.54) is 5.56 Å². The van der Waals surface area contributed by atoms with E-state index < -0.39 is 0 Å². The molecule has 1 aromatic rings. The van der Waals surface area contributed by atoms with Crippen LogP contribution in [0, 0.1) is 5.92 Å². The molecule has 3 heteroatoms. The van der Waals surface area contributed by atoms with E-state index in [-0.39, 0.29) is 23.9 Å². The Balaban J connectivity index is 2.09. The van der Waals surface area contributed by atoms with Crippen molar-refractivity contribution in [1.29, 1.82) is 0 Å². The Morgan fingerprint density at radius 1 is 1.32 bits per heavy atom. The zero-order chi connectivity index (χ0) is 13.8. The van der Waals surface area contributed by atoms with E-state index in [2.05, 4.69) is 26.0 Å². The zero-order valence-corrected chi connectivity index (χ0v) is 11.9. The van der Waals surface area contributed by atoms with Gasteiger partial charge in [-0.25, -0.2) is 0 Å². The molecule has 0 radical (unpaired) electrons. The molecule has 1 amide bonds. The molecular weight excluding hydrogens is 236 g/mol. The summed E-state index contributed by atoms with van der Waals surface area (Å²) in [5, 5.41) is 0. The van der Waals surface area contributed by atoms with Gasteiger partial charge in [0.25, 0.3) is 0 Å². The summed E-state index contributed by atoms with van der Waals surface area (Å²) < 4.78 is 0. The summed E-state index contributed by atoms with van der Waals surface area (Å²) in [5.41, 5.74) is 7.24. The molecule has 0 heterocycles. The number of carbonyl (C=O) groups is 1. The van der Waals surface area contributed by atoms with Crippen LogP contribution in [-0.2, 0) is 11.3 Å². The molecule has 0 bridgehead atoms. The SMILES string of the molecule is CC(C)N(Cc1ccccc1)C(=O)C1CCCC1N. The van der Waals surface area contributed by atoms with Crippen LogP contribution < -0.4 is 5.73 Å². The van der Waals surface area contributed by atoms with Crippen molar-refractivity contribution in [1.82, 2.24) is 4.90 Å². The van der Waals surface area contributed by atoms with E-state index in [9.17, 15) is 4.79 Å². The van der Waals surface area contributed by atoms with Crippen LogP contribution in [0.2, 0.25) is 0 Å². The Hall–Kier alpha value is -1.35. The third-order valence-electron chi connectivity index (χ3n) is 3.99. The lowest BCUT2D eigenvalue weighted by Crippen LogP contribution is -2.44. The maximum absolute atomic E-state index is 12.6. The first-order valence-corrected chi connectivity index (χ1v) is 7.19. The standard InChI is InChI=1S/C16H24N2O/c1-12(2)18(11-13-7-4-3-5-8-13)16(19)14-9-6-10-15(14)17/h3-5,7-8,12,14-15H,6,9-11,17H2,1-2H3. The molecule has 2 rings (SSSR count). The summed E-state index contributed by atoms with van der Waals surface area (Å²) in [4.78, 5) is 14.6. The summed E-state index contributed by atoms with van der Waals surface area (Å²) >= 11 is 0. The van der Waals surface area contributed by atoms with Gasteiger partial charge < -0.3 is 10.6 Å². The molecule has 3 nitrogen and oxygen atoms in total. The van der Waals surface area contributed by atoms with Crippen molar-refractivity contribution in [3.63, 3.8) is 0 Å². The van der Waals surface area contributed by atoms with Crippen molar-refractivity contribution in [3.8, 4) is 0 Å². The van der Waals surface area contributed by atoms with Gasteiger partial charge in [-0.15, -0.1) is 0 Å². The highest BCUT2D eigenvalue weighted by atomic mass is 16.2. The fourth-order valence-corrected chi connectivity index (χ4v) is 2.80. The number of carbonyl (C=O) groups excluding carboxylic acids is 1. The van der Waals surface area contributed by atoms with Crippen LogP contribution in [-0.4, -0.2) is 22.9 Å². The first-order chi connectivity index (χ1) is 9.09. The van der Waals surface area contributed by atoms with Crippen molar-refractivity contribution >= 4 is 5.91 Å². The number of hydrogen-bond acceptors (Lipinski definition) is 2. The molecule has 0 saturated heterocycles. The van der Waals surface area contributed by atoms with Crippen molar-refractivity contribution in [2.24, 2.45) is 11.7 Å². The average molecular weight is 260 g/mol. The number of nitrogens with zero attached hydrogens (tertiary/aromatic N) is 1. The predicted molar refractivity (Wildman–Crippen MR) is 77.4 cm³/mol. The van der Waals surface area contributed by atoms with Gasteiger partial charge in [0.05, 0.1) is 5.92 Å². The summed E-state index contributed by atoms with van der Waals surface area (Å²) in [6.07, 6.45) is 3.00. The third kappa shape index (κ3) is 3.35. The van der Waals surface area contributed by atoms with Crippen LogP contribution >= 0.6 is 0 Å². The van der Waals surface area contributed by atoms with Gasteiger partial charge in [-0.1, -0.05) is 36.8 Å². The van der Waals surface area contributed by atoms with Crippen molar-refractivity contribution < 1.29 is 4.79 Å². The molecule has 1 saturated carbocycles. The number of benzene rings is 1. The van der Waals surface area contributed by atoms with Gasteiger partial charge in [-0.05, 0) is 32.3 Å². The van der Waals surface area contributed by atoms with Gasteiger partial charge >= 0.3 is 0 Å². The molecule has 1 aromatic carbocycles.